The molecule has 1 fully saturated rings. The number of anilines is 1. The molecule has 3 aromatic rings. The summed E-state index contributed by atoms with van der Waals surface area (Å²) in [5.41, 5.74) is 9.66. The number of nitrogens with two attached hydrogens (primary N) is 1. The van der Waals surface area contributed by atoms with E-state index in [1.807, 2.05) is 44.2 Å². The Morgan fingerprint density at radius 1 is 1.23 bits per heavy atom. The first kappa shape index (κ1) is 20.3. The summed E-state index contributed by atoms with van der Waals surface area (Å²) in [5.74, 6) is -0.522. The van der Waals surface area contributed by atoms with Crippen molar-refractivity contribution in [3.8, 4) is 27.6 Å². The van der Waals surface area contributed by atoms with Crippen molar-refractivity contribution in [2.45, 2.75) is 38.3 Å². The van der Waals surface area contributed by atoms with Crippen LogP contribution >= 0.6 is 11.3 Å². The highest BCUT2D eigenvalue weighted by Crippen LogP contribution is 2.40. The van der Waals surface area contributed by atoms with Crippen molar-refractivity contribution in [3.05, 3.63) is 64.3 Å². The third-order valence-electron chi connectivity index (χ3n) is 5.38. The van der Waals surface area contributed by atoms with Gasteiger partial charge in [-0.25, -0.2) is 4.39 Å². The molecule has 1 aliphatic rings. The number of nitriles is 1. The molecule has 30 heavy (non-hydrogen) atoms. The van der Waals surface area contributed by atoms with Gasteiger partial charge in [-0.1, -0.05) is 12.1 Å². The third kappa shape index (κ3) is 4.00. The van der Waals surface area contributed by atoms with E-state index >= 15 is 0 Å². The van der Waals surface area contributed by atoms with Crippen molar-refractivity contribution >= 4 is 23.2 Å². The second kappa shape index (κ2) is 7.67. The summed E-state index contributed by atoms with van der Waals surface area (Å²) in [6, 6.07) is 14.5. The summed E-state index contributed by atoms with van der Waals surface area (Å²) in [5, 5.41) is 18.9. The largest absolute Gasteiger partial charge is 0.398 e. The van der Waals surface area contributed by atoms with Crippen LogP contribution in [0, 0.1) is 24.1 Å². The van der Waals surface area contributed by atoms with Gasteiger partial charge < -0.3 is 10.8 Å². The summed E-state index contributed by atoms with van der Waals surface area (Å²) >= 11 is 1.63. The lowest BCUT2D eigenvalue weighted by Gasteiger charge is -2.38. The standard InChI is InChI=1S/C24H22FN3OS/c1-14-7-20(15-3-4-17(12-26)21(25)9-15)23(30-14)16-5-6-22(27)18(8-16)13-28-19-10-24(2,29)11-19/h3-9,13,19,29H,10-11,27H2,1-2H3. The Kier molecular flexibility index (Phi) is 5.19. The van der Waals surface area contributed by atoms with Gasteiger partial charge >= 0.3 is 0 Å². The lowest BCUT2D eigenvalue weighted by molar-refractivity contribution is -0.0278. The van der Waals surface area contributed by atoms with Crippen molar-refractivity contribution in [2.24, 2.45) is 4.99 Å². The lowest BCUT2D eigenvalue weighted by Crippen LogP contribution is -2.43. The van der Waals surface area contributed by atoms with E-state index in [-0.39, 0.29) is 11.6 Å². The Morgan fingerprint density at radius 3 is 2.63 bits per heavy atom. The third-order valence-corrected chi connectivity index (χ3v) is 6.48. The van der Waals surface area contributed by atoms with E-state index in [4.69, 9.17) is 11.0 Å². The van der Waals surface area contributed by atoms with Crippen molar-refractivity contribution < 1.29 is 9.50 Å². The first-order valence-electron chi connectivity index (χ1n) is 9.72. The number of nitrogen functional groups attached to an aromatic ring is 1. The van der Waals surface area contributed by atoms with E-state index in [9.17, 15) is 9.50 Å². The van der Waals surface area contributed by atoms with Crippen LogP contribution in [0.2, 0.25) is 0 Å². The maximum atomic E-state index is 14.2. The molecule has 4 rings (SSSR count). The molecular formula is C24H22FN3OS. The number of benzene rings is 2. The molecule has 2 aromatic carbocycles. The second-order valence-electron chi connectivity index (χ2n) is 8.09. The van der Waals surface area contributed by atoms with Crippen LogP contribution in [0.1, 0.15) is 35.8 Å². The van der Waals surface area contributed by atoms with Gasteiger partial charge in [0.1, 0.15) is 11.9 Å². The van der Waals surface area contributed by atoms with E-state index in [0.29, 0.717) is 18.5 Å². The molecule has 0 aliphatic heterocycles. The zero-order valence-electron chi connectivity index (χ0n) is 16.8. The molecule has 1 saturated carbocycles. The van der Waals surface area contributed by atoms with E-state index < -0.39 is 11.4 Å². The summed E-state index contributed by atoms with van der Waals surface area (Å²) in [7, 11) is 0. The van der Waals surface area contributed by atoms with Gasteiger partial charge in [-0.2, -0.15) is 5.26 Å². The molecule has 152 valence electrons. The first-order valence-corrected chi connectivity index (χ1v) is 10.5. The summed E-state index contributed by atoms with van der Waals surface area (Å²) < 4.78 is 14.2. The van der Waals surface area contributed by atoms with E-state index in [1.165, 1.54) is 12.1 Å². The smallest absolute Gasteiger partial charge is 0.141 e. The molecular weight excluding hydrogens is 397 g/mol. The highest BCUT2D eigenvalue weighted by Gasteiger charge is 2.37. The fourth-order valence-corrected chi connectivity index (χ4v) is 4.82. The highest BCUT2D eigenvalue weighted by atomic mass is 32.1. The van der Waals surface area contributed by atoms with Crippen LogP contribution in [-0.2, 0) is 0 Å². The summed E-state index contributed by atoms with van der Waals surface area (Å²) in [4.78, 5) is 6.68. The molecule has 0 amide bonds. The number of hydrogen-bond donors (Lipinski definition) is 2. The molecule has 4 nitrogen and oxygen atoms in total. The van der Waals surface area contributed by atoms with Crippen LogP contribution in [0.5, 0.6) is 0 Å². The average Bonchev–Trinajstić information content (AvgIpc) is 3.07. The normalized spacial score (nSPS) is 20.8. The minimum absolute atomic E-state index is 0.0354. The number of rotatable bonds is 4. The molecule has 1 heterocycles. The predicted molar refractivity (Wildman–Crippen MR) is 120 cm³/mol. The van der Waals surface area contributed by atoms with Crippen LogP contribution in [0.3, 0.4) is 0 Å². The molecule has 0 bridgehead atoms. The second-order valence-corrected chi connectivity index (χ2v) is 9.34. The molecule has 3 N–H and O–H groups in total. The Morgan fingerprint density at radius 2 is 1.97 bits per heavy atom. The van der Waals surface area contributed by atoms with Crippen LogP contribution < -0.4 is 5.73 Å². The van der Waals surface area contributed by atoms with Gasteiger partial charge in [0.15, 0.2) is 0 Å². The number of nitrogens with zero attached hydrogens (tertiary/aromatic N) is 2. The van der Waals surface area contributed by atoms with Gasteiger partial charge in [0.05, 0.1) is 17.2 Å². The number of hydrogen-bond acceptors (Lipinski definition) is 5. The number of aliphatic hydroxyl groups is 1. The van der Waals surface area contributed by atoms with Crippen molar-refractivity contribution in [1.82, 2.24) is 0 Å². The molecule has 0 radical (unpaired) electrons. The number of thiophene rings is 1. The fourth-order valence-electron chi connectivity index (χ4n) is 3.79. The molecule has 0 unspecified atom stereocenters. The van der Waals surface area contributed by atoms with Gasteiger partial charge in [0.2, 0.25) is 0 Å². The van der Waals surface area contributed by atoms with Crippen LogP contribution in [-0.4, -0.2) is 23.0 Å². The first-order chi connectivity index (χ1) is 14.3. The highest BCUT2D eigenvalue weighted by molar-refractivity contribution is 7.16. The summed E-state index contributed by atoms with van der Waals surface area (Å²) in [6.45, 7) is 3.83. The molecule has 0 saturated heterocycles. The van der Waals surface area contributed by atoms with Crippen molar-refractivity contribution in [1.29, 1.82) is 5.26 Å². The van der Waals surface area contributed by atoms with Crippen LogP contribution in [0.4, 0.5) is 10.1 Å². The van der Waals surface area contributed by atoms with E-state index in [0.717, 1.165) is 32.0 Å². The van der Waals surface area contributed by atoms with E-state index in [2.05, 4.69) is 4.99 Å². The van der Waals surface area contributed by atoms with Crippen LogP contribution in [0.15, 0.2) is 47.5 Å². The number of aryl methyl sites for hydroxylation is 1. The molecule has 1 aliphatic carbocycles. The Bertz CT molecular complexity index is 1180. The average molecular weight is 420 g/mol. The molecule has 0 atom stereocenters. The predicted octanol–water partition coefficient (Wildman–Crippen LogP) is 5.32. The minimum Gasteiger partial charge on any atom is -0.398 e. The Labute approximate surface area is 179 Å². The summed E-state index contributed by atoms with van der Waals surface area (Å²) in [6.07, 6.45) is 3.09. The molecule has 1 aromatic heterocycles. The maximum Gasteiger partial charge on any atom is 0.141 e. The van der Waals surface area contributed by atoms with Gasteiger partial charge in [0, 0.05) is 32.8 Å². The Hall–Kier alpha value is -3.01. The van der Waals surface area contributed by atoms with Gasteiger partial charge in [-0.15, -0.1) is 11.3 Å². The zero-order chi connectivity index (χ0) is 21.5. The Balaban J connectivity index is 1.69. The topological polar surface area (TPSA) is 82.4 Å². The van der Waals surface area contributed by atoms with Gasteiger partial charge in [-0.3, -0.25) is 4.99 Å². The lowest BCUT2D eigenvalue weighted by atomic mass is 9.78. The van der Waals surface area contributed by atoms with Crippen molar-refractivity contribution in [2.75, 3.05) is 5.73 Å². The van der Waals surface area contributed by atoms with Crippen LogP contribution in [0.25, 0.3) is 21.6 Å². The van der Waals surface area contributed by atoms with Gasteiger partial charge in [0.25, 0.3) is 0 Å². The molecule has 6 heteroatoms. The van der Waals surface area contributed by atoms with Crippen molar-refractivity contribution in [3.63, 3.8) is 0 Å². The number of halogens is 1. The number of aliphatic imine (C=N–C) groups is 1. The minimum atomic E-state index is -0.616. The maximum absolute atomic E-state index is 14.2. The van der Waals surface area contributed by atoms with Gasteiger partial charge in [-0.05, 0) is 68.1 Å². The fraction of sp³-hybridized carbons (Fsp3) is 0.250. The molecule has 0 spiro atoms. The zero-order valence-corrected chi connectivity index (χ0v) is 17.6. The quantitative estimate of drug-likeness (QED) is 0.444. The van der Waals surface area contributed by atoms with E-state index in [1.54, 1.807) is 23.6 Å². The SMILES string of the molecule is Cc1cc(-c2ccc(C#N)c(F)c2)c(-c2ccc(N)c(C=NC3CC(C)(O)C3)c2)s1. The monoisotopic (exact) mass is 419 g/mol.